The van der Waals surface area contributed by atoms with Gasteiger partial charge in [-0.1, -0.05) is 37.3 Å². The maximum atomic E-state index is 3.42. The van der Waals surface area contributed by atoms with Crippen molar-refractivity contribution in [3.63, 3.8) is 0 Å². The largest absolute Gasteiger partial charge is 0.316 e. The summed E-state index contributed by atoms with van der Waals surface area (Å²) in [6, 6.07) is 11.4. The van der Waals surface area contributed by atoms with Crippen LogP contribution in [0.25, 0.3) is 0 Å². The first-order valence-corrected chi connectivity index (χ1v) is 6.99. The molecule has 1 aromatic rings. The Kier molecular flexibility index (Phi) is 5.17. The van der Waals surface area contributed by atoms with Gasteiger partial charge >= 0.3 is 0 Å². The van der Waals surface area contributed by atoms with Crippen LogP contribution in [-0.4, -0.2) is 56.1 Å². The van der Waals surface area contributed by atoms with Crippen LogP contribution in [-0.2, 0) is 0 Å². The summed E-state index contributed by atoms with van der Waals surface area (Å²) in [6.45, 7) is 8.93. The van der Waals surface area contributed by atoms with Crippen LogP contribution in [0.4, 0.5) is 0 Å². The molecule has 0 aliphatic carbocycles. The van der Waals surface area contributed by atoms with Crippen LogP contribution in [0.15, 0.2) is 30.3 Å². The van der Waals surface area contributed by atoms with Gasteiger partial charge in [-0.15, -0.1) is 0 Å². The summed E-state index contributed by atoms with van der Waals surface area (Å²) in [6.07, 6.45) is 0. The molecule has 1 aliphatic heterocycles. The van der Waals surface area contributed by atoms with E-state index in [1.54, 1.807) is 0 Å². The average Bonchev–Trinajstić information content (AvgIpc) is 2.41. The van der Waals surface area contributed by atoms with Crippen LogP contribution in [0.2, 0.25) is 0 Å². The van der Waals surface area contributed by atoms with Crippen molar-refractivity contribution in [1.82, 2.24) is 15.1 Å². The van der Waals surface area contributed by atoms with E-state index in [1.165, 1.54) is 18.7 Å². The van der Waals surface area contributed by atoms with Gasteiger partial charge in [-0.25, -0.2) is 0 Å². The molecular formula is C15H25N3. The molecule has 3 heteroatoms. The number of hydrogen-bond donors (Lipinski definition) is 1. The number of nitrogens with one attached hydrogen (secondary N) is 1. The van der Waals surface area contributed by atoms with E-state index in [0.717, 1.165) is 26.2 Å². The number of nitrogens with zero attached hydrogens (tertiary/aromatic N) is 2. The van der Waals surface area contributed by atoms with Gasteiger partial charge in [0.2, 0.25) is 0 Å². The Morgan fingerprint density at radius 2 is 2.00 bits per heavy atom. The molecule has 0 aromatic heterocycles. The highest BCUT2D eigenvalue weighted by Gasteiger charge is 2.25. The molecule has 1 unspecified atom stereocenters. The Morgan fingerprint density at radius 1 is 1.22 bits per heavy atom. The predicted molar refractivity (Wildman–Crippen MR) is 76.8 cm³/mol. The van der Waals surface area contributed by atoms with Crippen LogP contribution in [0.3, 0.4) is 0 Å². The average molecular weight is 247 g/mol. The number of rotatable bonds is 5. The third kappa shape index (κ3) is 3.55. The lowest BCUT2D eigenvalue weighted by Crippen LogP contribution is -2.48. The lowest BCUT2D eigenvalue weighted by molar-refractivity contribution is 0.0908. The molecular weight excluding hydrogens is 222 g/mol. The number of benzene rings is 1. The van der Waals surface area contributed by atoms with Crippen molar-refractivity contribution < 1.29 is 0 Å². The number of likely N-dealkylation sites (N-methyl/N-ethyl adjacent to an activating group) is 2. The second kappa shape index (κ2) is 6.88. The summed E-state index contributed by atoms with van der Waals surface area (Å²) in [5.74, 6) is 0. The highest BCUT2D eigenvalue weighted by atomic mass is 15.3. The van der Waals surface area contributed by atoms with E-state index < -0.39 is 0 Å². The van der Waals surface area contributed by atoms with Gasteiger partial charge in [-0.05, 0) is 19.2 Å². The molecule has 1 saturated heterocycles. The topological polar surface area (TPSA) is 18.5 Å². The van der Waals surface area contributed by atoms with E-state index in [1.807, 2.05) is 0 Å². The van der Waals surface area contributed by atoms with Crippen molar-refractivity contribution in [2.75, 3.05) is 46.3 Å². The first-order chi connectivity index (χ1) is 8.81. The number of piperazine rings is 1. The molecule has 0 radical (unpaired) electrons. The van der Waals surface area contributed by atoms with E-state index in [0.29, 0.717) is 6.04 Å². The normalized spacial score (nSPS) is 22.2. The smallest absolute Gasteiger partial charge is 0.0476 e. The lowest BCUT2D eigenvalue weighted by Gasteiger charge is -2.40. The minimum Gasteiger partial charge on any atom is -0.316 e. The van der Waals surface area contributed by atoms with E-state index in [2.05, 4.69) is 59.4 Å². The first-order valence-electron chi connectivity index (χ1n) is 6.99. The highest BCUT2D eigenvalue weighted by molar-refractivity contribution is 5.20. The number of hydrogen-bond acceptors (Lipinski definition) is 3. The van der Waals surface area contributed by atoms with Crippen LogP contribution in [0.1, 0.15) is 18.5 Å². The second-order valence-corrected chi connectivity index (χ2v) is 5.08. The minimum atomic E-state index is 0.545. The van der Waals surface area contributed by atoms with Gasteiger partial charge in [0.15, 0.2) is 0 Å². The zero-order valence-corrected chi connectivity index (χ0v) is 11.6. The molecule has 1 fully saturated rings. The van der Waals surface area contributed by atoms with Crippen LogP contribution in [0, 0.1) is 0 Å². The fourth-order valence-corrected chi connectivity index (χ4v) is 2.62. The van der Waals surface area contributed by atoms with Crippen molar-refractivity contribution in [1.29, 1.82) is 0 Å². The van der Waals surface area contributed by atoms with Gasteiger partial charge in [0.1, 0.15) is 0 Å². The summed E-state index contributed by atoms with van der Waals surface area (Å²) in [5.41, 5.74) is 1.44. The Morgan fingerprint density at radius 3 is 2.72 bits per heavy atom. The molecule has 0 saturated carbocycles. The molecule has 18 heavy (non-hydrogen) atoms. The predicted octanol–water partition coefficient (Wildman–Crippen LogP) is 1.58. The van der Waals surface area contributed by atoms with Gasteiger partial charge in [-0.2, -0.15) is 0 Å². The fraction of sp³-hybridized carbons (Fsp3) is 0.600. The van der Waals surface area contributed by atoms with Crippen molar-refractivity contribution in [3.8, 4) is 0 Å². The zero-order chi connectivity index (χ0) is 12.8. The summed E-state index contributed by atoms with van der Waals surface area (Å²) in [4.78, 5) is 5.04. The molecule has 1 N–H and O–H groups in total. The third-order valence-electron chi connectivity index (χ3n) is 3.70. The lowest BCUT2D eigenvalue weighted by atomic mass is 10.0. The SMILES string of the molecule is CCNCCN1CCN(C)CC1c1ccccc1. The molecule has 1 aliphatic rings. The van der Waals surface area contributed by atoms with E-state index in [9.17, 15) is 0 Å². The van der Waals surface area contributed by atoms with Crippen molar-refractivity contribution in [2.45, 2.75) is 13.0 Å². The van der Waals surface area contributed by atoms with Crippen LogP contribution < -0.4 is 5.32 Å². The van der Waals surface area contributed by atoms with Crippen molar-refractivity contribution in [3.05, 3.63) is 35.9 Å². The summed E-state index contributed by atoms with van der Waals surface area (Å²) >= 11 is 0. The molecule has 0 amide bonds. The molecule has 1 atom stereocenters. The summed E-state index contributed by atoms with van der Waals surface area (Å²) in [7, 11) is 2.22. The van der Waals surface area contributed by atoms with E-state index >= 15 is 0 Å². The standard InChI is InChI=1S/C15H25N3/c1-3-16-9-10-18-12-11-17(2)13-15(18)14-7-5-4-6-8-14/h4-8,15-16H,3,9-13H2,1-2H3. The van der Waals surface area contributed by atoms with Crippen molar-refractivity contribution in [2.24, 2.45) is 0 Å². The molecule has 2 rings (SSSR count). The molecule has 0 spiro atoms. The minimum absolute atomic E-state index is 0.545. The van der Waals surface area contributed by atoms with Crippen molar-refractivity contribution >= 4 is 0 Å². The quantitative estimate of drug-likeness (QED) is 0.797. The van der Waals surface area contributed by atoms with E-state index in [-0.39, 0.29) is 0 Å². The second-order valence-electron chi connectivity index (χ2n) is 5.08. The van der Waals surface area contributed by atoms with Crippen LogP contribution in [0.5, 0.6) is 0 Å². The maximum Gasteiger partial charge on any atom is 0.0476 e. The Bertz CT molecular complexity index is 339. The zero-order valence-electron chi connectivity index (χ0n) is 11.6. The molecule has 3 nitrogen and oxygen atoms in total. The fourth-order valence-electron chi connectivity index (χ4n) is 2.62. The van der Waals surface area contributed by atoms with Gasteiger partial charge in [-0.3, -0.25) is 4.90 Å². The van der Waals surface area contributed by atoms with Crippen LogP contribution >= 0.6 is 0 Å². The van der Waals surface area contributed by atoms with Gasteiger partial charge < -0.3 is 10.2 Å². The summed E-state index contributed by atoms with van der Waals surface area (Å²) < 4.78 is 0. The Hall–Kier alpha value is -0.900. The monoisotopic (exact) mass is 247 g/mol. The maximum absolute atomic E-state index is 3.42. The molecule has 1 heterocycles. The van der Waals surface area contributed by atoms with E-state index in [4.69, 9.17) is 0 Å². The van der Waals surface area contributed by atoms with Gasteiger partial charge in [0, 0.05) is 38.8 Å². The first kappa shape index (κ1) is 13.5. The molecule has 1 aromatic carbocycles. The Balaban J connectivity index is 2.02. The third-order valence-corrected chi connectivity index (χ3v) is 3.70. The molecule has 0 bridgehead atoms. The van der Waals surface area contributed by atoms with Gasteiger partial charge in [0.25, 0.3) is 0 Å². The molecule has 100 valence electrons. The highest BCUT2D eigenvalue weighted by Crippen LogP contribution is 2.24. The van der Waals surface area contributed by atoms with Gasteiger partial charge in [0.05, 0.1) is 0 Å². The Labute approximate surface area is 111 Å². The summed E-state index contributed by atoms with van der Waals surface area (Å²) in [5, 5.41) is 3.42.